The fourth-order valence-electron chi connectivity index (χ4n) is 3.63. The van der Waals surface area contributed by atoms with Gasteiger partial charge in [0.25, 0.3) is 0 Å². The number of aromatic amines is 1. The number of nitrogens with one attached hydrogen (secondary N) is 4. The number of carbonyl (C=O) groups excluding carboxylic acids is 2. The Labute approximate surface area is 156 Å². The third-order valence-corrected chi connectivity index (χ3v) is 6.48. The lowest BCUT2D eigenvalue weighted by molar-refractivity contribution is -0.121. The predicted molar refractivity (Wildman–Crippen MR) is 102 cm³/mol. The summed E-state index contributed by atoms with van der Waals surface area (Å²) in [5.41, 5.74) is 1.90. The van der Waals surface area contributed by atoms with Gasteiger partial charge in [-0.05, 0) is 25.0 Å². The van der Waals surface area contributed by atoms with Gasteiger partial charge in [0.05, 0.1) is 29.7 Å². The molecule has 7 nitrogen and oxygen atoms in total. The number of para-hydroxylation sites is 2. The van der Waals surface area contributed by atoms with E-state index in [-0.39, 0.29) is 24.0 Å². The number of fused-ring (bicyclic) bond motifs is 2. The summed E-state index contributed by atoms with van der Waals surface area (Å²) in [5.74, 6) is 1.81. The molecule has 2 saturated heterocycles. The first-order valence-electron chi connectivity index (χ1n) is 9.08. The number of hydrogen-bond donors (Lipinski definition) is 4. The second kappa shape index (κ2) is 7.57. The molecule has 0 radical (unpaired) electrons. The average Bonchev–Trinajstić information content (AvgIpc) is 3.30. The molecular weight excluding hydrogens is 350 g/mol. The van der Waals surface area contributed by atoms with Gasteiger partial charge in [-0.15, -0.1) is 0 Å². The van der Waals surface area contributed by atoms with Crippen LogP contribution in [0.25, 0.3) is 11.0 Å². The lowest BCUT2D eigenvalue weighted by Gasteiger charge is -2.16. The van der Waals surface area contributed by atoms with Crippen LogP contribution in [0.1, 0.15) is 31.5 Å². The molecule has 3 amide bonds. The molecule has 3 atom stereocenters. The number of urea groups is 1. The maximum atomic E-state index is 12.0. The first kappa shape index (κ1) is 17.2. The molecule has 8 heteroatoms. The first-order chi connectivity index (χ1) is 12.7. The second-order valence-electron chi connectivity index (χ2n) is 6.85. The molecule has 1 aromatic heterocycles. The molecule has 0 saturated carbocycles. The quantitative estimate of drug-likeness (QED) is 0.440. The van der Waals surface area contributed by atoms with Gasteiger partial charge in [-0.25, -0.2) is 9.78 Å². The van der Waals surface area contributed by atoms with Gasteiger partial charge in [-0.1, -0.05) is 18.6 Å². The van der Waals surface area contributed by atoms with Crippen molar-refractivity contribution in [3.05, 3.63) is 30.1 Å². The Bertz CT molecular complexity index is 775. The maximum Gasteiger partial charge on any atom is 0.315 e. The van der Waals surface area contributed by atoms with Gasteiger partial charge in [0.15, 0.2) is 0 Å². The minimum atomic E-state index is -0.0461. The highest BCUT2D eigenvalue weighted by atomic mass is 32.2. The number of unbranched alkanes of at least 4 members (excludes halogenated alkanes) is 1. The van der Waals surface area contributed by atoms with Gasteiger partial charge in [-0.3, -0.25) is 4.79 Å². The van der Waals surface area contributed by atoms with Crippen molar-refractivity contribution >= 4 is 34.7 Å². The number of carbonyl (C=O) groups is 2. The van der Waals surface area contributed by atoms with E-state index >= 15 is 0 Å². The van der Waals surface area contributed by atoms with Crippen LogP contribution in [0.3, 0.4) is 0 Å². The standard InChI is InChI=1S/C18H23N5O2S/c24-16(19-9-15-20-11-5-1-2-6-12(11)21-15)8-4-3-7-14-17-13(10-26-14)22-18(25)23-17/h1-2,5-6,13-14,17H,3-4,7-10H2,(H,19,24)(H,20,21)(H2,22,23,25). The molecule has 4 N–H and O–H groups in total. The molecule has 2 aliphatic heterocycles. The Kier molecular flexibility index (Phi) is 5.01. The highest BCUT2D eigenvalue weighted by Crippen LogP contribution is 2.33. The summed E-state index contributed by atoms with van der Waals surface area (Å²) >= 11 is 1.91. The zero-order valence-electron chi connectivity index (χ0n) is 14.5. The summed E-state index contributed by atoms with van der Waals surface area (Å²) in [7, 11) is 0. The first-order valence-corrected chi connectivity index (χ1v) is 10.1. The van der Waals surface area contributed by atoms with Gasteiger partial charge >= 0.3 is 6.03 Å². The van der Waals surface area contributed by atoms with Gasteiger partial charge in [0, 0.05) is 17.4 Å². The lowest BCUT2D eigenvalue weighted by atomic mass is 10.0. The number of rotatable bonds is 7. The molecule has 3 heterocycles. The molecule has 3 unspecified atom stereocenters. The van der Waals surface area contributed by atoms with Crippen LogP contribution in [-0.4, -0.2) is 45.0 Å². The Morgan fingerprint density at radius 2 is 2.15 bits per heavy atom. The van der Waals surface area contributed by atoms with E-state index in [4.69, 9.17) is 0 Å². The van der Waals surface area contributed by atoms with Gasteiger partial charge in [0.1, 0.15) is 5.82 Å². The monoisotopic (exact) mass is 373 g/mol. The van der Waals surface area contributed by atoms with E-state index in [1.165, 1.54) is 0 Å². The zero-order valence-corrected chi connectivity index (χ0v) is 15.3. The van der Waals surface area contributed by atoms with E-state index in [2.05, 4.69) is 25.9 Å². The molecule has 26 heavy (non-hydrogen) atoms. The molecule has 2 aromatic rings. The summed E-state index contributed by atoms with van der Waals surface area (Å²) in [6.07, 6.45) is 3.41. The minimum Gasteiger partial charge on any atom is -0.349 e. The van der Waals surface area contributed by atoms with Crippen LogP contribution >= 0.6 is 11.8 Å². The van der Waals surface area contributed by atoms with Crippen LogP contribution in [0.2, 0.25) is 0 Å². The van der Waals surface area contributed by atoms with Crippen molar-refractivity contribution in [2.75, 3.05) is 5.75 Å². The third kappa shape index (κ3) is 3.80. The molecule has 2 aliphatic rings. The van der Waals surface area contributed by atoms with Crippen LogP contribution < -0.4 is 16.0 Å². The van der Waals surface area contributed by atoms with Crippen molar-refractivity contribution in [1.29, 1.82) is 0 Å². The molecule has 0 bridgehead atoms. The van der Waals surface area contributed by atoms with E-state index in [0.717, 1.165) is 41.9 Å². The zero-order chi connectivity index (χ0) is 17.9. The average molecular weight is 373 g/mol. The van der Waals surface area contributed by atoms with E-state index in [0.29, 0.717) is 18.2 Å². The normalized spacial score (nSPS) is 24.3. The highest BCUT2D eigenvalue weighted by molar-refractivity contribution is 8.00. The Balaban J connectivity index is 1.15. The summed E-state index contributed by atoms with van der Waals surface area (Å²) in [6, 6.07) is 8.30. The van der Waals surface area contributed by atoms with E-state index in [9.17, 15) is 9.59 Å². The Morgan fingerprint density at radius 3 is 3.04 bits per heavy atom. The minimum absolute atomic E-state index is 0.0461. The number of imidazole rings is 1. The number of amides is 3. The van der Waals surface area contributed by atoms with Gasteiger partial charge < -0.3 is 20.9 Å². The Hall–Kier alpha value is -2.22. The molecule has 0 spiro atoms. The predicted octanol–water partition coefficient (Wildman–Crippen LogP) is 1.90. The largest absolute Gasteiger partial charge is 0.349 e. The lowest BCUT2D eigenvalue weighted by Crippen LogP contribution is -2.36. The summed E-state index contributed by atoms with van der Waals surface area (Å²) < 4.78 is 0. The topological polar surface area (TPSA) is 98.9 Å². The fraction of sp³-hybridized carbons (Fsp3) is 0.500. The number of nitrogens with zero attached hydrogens (tertiary/aromatic N) is 1. The van der Waals surface area contributed by atoms with Crippen LogP contribution in [0.5, 0.6) is 0 Å². The number of aromatic nitrogens is 2. The smallest absolute Gasteiger partial charge is 0.315 e. The van der Waals surface area contributed by atoms with Crippen molar-refractivity contribution in [3.8, 4) is 0 Å². The summed E-state index contributed by atoms with van der Waals surface area (Å²) in [6.45, 7) is 0.424. The van der Waals surface area contributed by atoms with E-state index < -0.39 is 0 Å². The van der Waals surface area contributed by atoms with Crippen LogP contribution in [0, 0.1) is 0 Å². The van der Waals surface area contributed by atoms with Crippen LogP contribution in [0.4, 0.5) is 4.79 Å². The third-order valence-electron chi connectivity index (χ3n) is 4.97. The molecule has 4 rings (SSSR count). The number of H-pyrrole nitrogens is 1. The molecule has 1 aromatic carbocycles. The number of benzene rings is 1. The molecule has 2 fully saturated rings. The second-order valence-corrected chi connectivity index (χ2v) is 8.12. The van der Waals surface area contributed by atoms with Crippen molar-refractivity contribution in [3.63, 3.8) is 0 Å². The van der Waals surface area contributed by atoms with Gasteiger partial charge in [-0.2, -0.15) is 11.8 Å². The van der Waals surface area contributed by atoms with Crippen molar-refractivity contribution in [2.24, 2.45) is 0 Å². The molecular formula is C18H23N5O2S. The summed E-state index contributed by atoms with van der Waals surface area (Å²) in [5, 5.41) is 9.34. The van der Waals surface area contributed by atoms with E-state index in [1.54, 1.807) is 0 Å². The molecule has 138 valence electrons. The Morgan fingerprint density at radius 1 is 1.27 bits per heavy atom. The van der Waals surface area contributed by atoms with Crippen molar-refractivity contribution in [2.45, 2.75) is 49.6 Å². The van der Waals surface area contributed by atoms with Crippen molar-refractivity contribution in [1.82, 2.24) is 25.9 Å². The fourth-order valence-corrected chi connectivity index (χ4v) is 5.18. The maximum absolute atomic E-state index is 12.0. The van der Waals surface area contributed by atoms with Crippen LogP contribution in [-0.2, 0) is 11.3 Å². The van der Waals surface area contributed by atoms with Crippen molar-refractivity contribution < 1.29 is 9.59 Å². The van der Waals surface area contributed by atoms with Gasteiger partial charge in [0.2, 0.25) is 5.91 Å². The number of thioether (sulfide) groups is 1. The SMILES string of the molecule is O=C(CCCCC1SCC2NC(=O)NC21)NCc1nc2ccccc2[nH]1. The van der Waals surface area contributed by atoms with E-state index in [1.807, 2.05) is 36.0 Å². The summed E-state index contributed by atoms with van der Waals surface area (Å²) in [4.78, 5) is 31.1. The highest BCUT2D eigenvalue weighted by Gasteiger charge is 2.42. The van der Waals surface area contributed by atoms with Crippen LogP contribution in [0.15, 0.2) is 24.3 Å². The molecule has 0 aliphatic carbocycles. The number of hydrogen-bond acceptors (Lipinski definition) is 4.